The first-order valence-electron chi connectivity index (χ1n) is 7.65. The van der Waals surface area contributed by atoms with Gasteiger partial charge in [-0.3, -0.25) is 14.2 Å². The number of nitrogens with zero attached hydrogens (tertiary/aromatic N) is 2. The molecule has 0 radical (unpaired) electrons. The lowest BCUT2D eigenvalue weighted by atomic mass is 10.2. The lowest BCUT2D eigenvalue weighted by Crippen LogP contribution is -2.31. The predicted molar refractivity (Wildman–Crippen MR) is 103 cm³/mol. The summed E-state index contributed by atoms with van der Waals surface area (Å²) < 4.78 is 1.33. The van der Waals surface area contributed by atoms with Crippen molar-refractivity contribution in [3.8, 4) is 0 Å². The number of hydrogen-bond donors (Lipinski definition) is 1. The molecule has 0 aliphatic heterocycles. The molecule has 0 unspecified atom stereocenters. The standard InChI is InChI=1S/C17H15Cl2N3O2S/c1-3-13-7-14-16(25-13)20-8-22(17(14)24)9(2)15(23)21-12-5-10(18)4-11(19)6-12/h4-9H,3H2,1-2H3,(H,21,23)/t9-/m1/s1. The Morgan fingerprint density at radius 1 is 1.28 bits per heavy atom. The number of fused-ring (bicyclic) bond motifs is 1. The molecule has 130 valence electrons. The fraction of sp³-hybridized carbons (Fsp3) is 0.235. The largest absolute Gasteiger partial charge is 0.324 e. The van der Waals surface area contributed by atoms with Gasteiger partial charge in [0.15, 0.2) is 0 Å². The first kappa shape index (κ1) is 17.9. The number of carbonyl (C=O) groups excluding carboxylic acids is 1. The number of nitrogens with one attached hydrogen (secondary N) is 1. The van der Waals surface area contributed by atoms with Crippen LogP contribution in [-0.4, -0.2) is 15.5 Å². The average molecular weight is 396 g/mol. The molecule has 1 N–H and O–H groups in total. The summed E-state index contributed by atoms with van der Waals surface area (Å²) in [7, 11) is 0. The molecule has 0 aliphatic carbocycles. The number of carbonyl (C=O) groups is 1. The topological polar surface area (TPSA) is 64.0 Å². The summed E-state index contributed by atoms with van der Waals surface area (Å²) in [6.07, 6.45) is 2.25. The maximum atomic E-state index is 12.7. The molecule has 2 aromatic heterocycles. The van der Waals surface area contributed by atoms with Crippen LogP contribution in [0.2, 0.25) is 10.0 Å². The van der Waals surface area contributed by atoms with Gasteiger partial charge >= 0.3 is 0 Å². The fourth-order valence-electron chi connectivity index (χ4n) is 2.44. The van der Waals surface area contributed by atoms with E-state index in [1.807, 2.05) is 13.0 Å². The number of anilines is 1. The van der Waals surface area contributed by atoms with Gasteiger partial charge in [0.1, 0.15) is 10.9 Å². The van der Waals surface area contributed by atoms with Crippen LogP contribution in [0.15, 0.2) is 35.4 Å². The van der Waals surface area contributed by atoms with Crippen LogP contribution in [0.5, 0.6) is 0 Å². The minimum Gasteiger partial charge on any atom is -0.324 e. The second-order valence-corrected chi connectivity index (χ2v) is 7.55. The zero-order chi connectivity index (χ0) is 18.1. The summed E-state index contributed by atoms with van der Waals surface area (Å²) in [5.74, 6) is -0.354. The zero-order valence-electron chi connectivity index (χ0n) is 13.5. The van der Waals surface area contributed by atoms with Crippen molar-refractivity contribution < 1.29 is 4.79 Å². The van der Waals surface area contributed by atoms with E-state index in [9.17, 15) is 9.59 Å². The van der Waals surface area contributed by atoms with Crippen LogP contribution in [0.25, 0.3) is 10.2 Å². The van der Waals surface area contributed by atoms with Gasteiger partial charge in [0.05, 0.1) is 11.7 Å². The molecule has 8 heteroatoms. The van der Waals surface area contributed by atoms with Crippen LogP contribution in [-0.2, 0) is 11.2 Å². The number of rotatable bonds is 4. The first-order valence-corrected chi connectivity index (χ1v) is 9.22. The monoisotopic (exact) mass is 395 g/mol. The third-order valence-electron chi connectivity index (χ3n) is 3.80. The zero-order valence-corrected chi connectivity index (χ0v) is 15.9. The van der Waals surface area contributed by atoms with Crippen molar-refractivity contribution in [1.82, 2.24) is 9.55 Å². The van der Waals surface area contributed by atoms with Crippen molar-refractivity contribution in [1.29, 1.82) is 0 Å². The Morgan fingerprint density at radius 3 is 2.60 bits per heavy atom. The minimum absolute atomic E-state index is 0.229. The van der Waals surface area contributed by atoms with Crippen LogP contribution in [0.3, 0.4) is 0 Å². The van der Waals surface area contributed by atoms with Crippen molar-refractivity contribution >= 4 is 56.3 Å². The van der Waals surface area contributed by atoms with Crippen molar-refractivity contribution in [2.45, 2.75) is 26.3 Å². The molecule has 0 saturated heterocycles. The van der Waals surface area contributed by atoms with Crippen LogP contribution >= 0.6 is 34.5 Å². The maximum absolute atomic E-state index is 12.7. The van der Waals surface area contributed by atoms with Gasteiger partial charge in [-0.25, -0.2) is 4.98 Å². The van der Waals surface area contributed by atoms with Crippen molar-refractivity contribution in [3.63, 3.8) is 0 Å². The lowest BCUT2D eigenvalue weighted by molar-refractivity contribution is -0.118. The van der Waals surface area contributed by atoms with E-state index in [1.54, 1.807) is 25.1 Å². The highest BCUT2D eigenvalue weighted by atomic mass is 35.5. The molecule has 0 spiro atoms. The van der Waals surface area contributed by atoms with Gasteiger partial charge in [0, 0.05) is 20.6 Å². The molecule has 0 saturated carbocycles. The van der Waals surface area contributed by atoms with Crippen LogP contribution < -0.4 is 10.9 Å². The Balaban J connectivity index is 1.90. The third kappa shape index (κ3) is 3.71. The Bertz CT molecular complexity index is 993. The number of halogens is 2. The van der Waals surface area contributed by atoms with Gasteiger partial charge < -0.3 is 5.32 Å². The molecule has 25 heavy (non-hydrogen) atoms. The molecule has 2 heterocycles. The van der Waals surface area contributed by atoms with E-state index in [0.29, 0.717) is 25.9 Å². The van der Waals surface area contributed by atoms with Crippen molar-refractivity contribution in [2.24, 2.45) is 0 Å². The van der Waals surface area contributed by atoms with Crippen LogP contribution in [0.1, 0.15) is 24.8 Å². The number of benzene rings is 1. The summed E-state index contributed by atoms with van der Waals surface area (Å²) in [5.41, 5.74) is 0.243. The Morgan fingerprint density at radius 2 is 1.96 bits per heavy atom. The molecule has 1 aromatic carbocycles. The van der Waals surface area contributed by atoms with Gasteiger partial charge in [-0.05, 0) is 37.6 Å². The van der Waals surface area contributed by atoms with Crippen LogP contribution in [0.4, 0.5) is 5.69 Å². The predicted octanol–water partition coefficient (Wildman–Crippen LogP) is 4.53. The normalized spacial score (nSPS) is 12.3. The molecular weight excluding hydrogens is 381 g/mol. The number of aryl methyl sites for hydroxylation is 1. The van der Waals surface area contributed by atoms with E-state index in [0.717, 1.165) is 11.3 Å². The molecule has 3 aromatic rings. The first-order chi connectivity index (χ1) is 11.9. The van der Waals surface area contributed by atoms with E-state index in [-0.39, 0.29) is 11.5 Å². The van der Waals surface area contributed by atoms with Gasteiger partial charge in [-0.1, -0.05) is 30.1 Å². The SMILES string of the molecule is CCc1cc2c(=O)n([C@H](C)C(=O)Nc3cc(Cl)cc(Cl)c3)cnc2s1. The minimum atomic E-state index is -0.730. The smallest absolute Gasteiger partial charge is 0.262 e. The van der Waals surface area contributed by atoms with E-state index < -0.39 is 6.04 Å². The third-order valence-corrected chi connectivity index (χ3v) is 5.43. The number of aromatic nitrogens is 2. The highest BCUT2D eigenvalue weighted by Crippen LogP contribution is 2.24. The summed E-state index contributed by atoms with van der Waals surface area (Å²) in [4.78, 5) is 31.3. The molecule has 5 nitrogen and oxygen atoms in total. The highest BCUT2D eigenvalue weighted by Gasteiger charge is 2.19. The van der Waals surface area contributed by atoms with E-state index in [2.05, 4.69) is 10.3 Å². The van der Waals surface area contributed by atoms with E-state index in [4.69, 9.17) is 23.2 Å². The van der Waals surface area contributed by atoms with E-state index in [1.165, 1.54) is 22.2 Å². The molecule has 3 rings (SSSR count). The summed E-state index contributed by atoms with van der Waals surface area (Å²) in [6, 6.07) is 5.87. The van der Waals surface area contributed by atoms with Crippen molar-refractivity contribution in [2.75, 3.05) is 5.32 Å². The molecule has 0 aliphatic rings. The summed E-state index contributed by atoms with van der Waals surface area (Å²) in [5, 5.41) is 4.09. The molecule has 0 fully saturated rings. The van der Waals surface area contributed by atoms with Gasteiger partial charge in [0.25, 0.3) is 5.56 Å². The fourth-order valence-corrected chi connectivity index (χ4v) is 3.89. The van der Waals surface area contributed by atoms with E-state index >= 15 is 0 Å². The molecule has 1 amide bonds. The average Bonchev–Trinajstić information content (AvgIpc) is 2.98. The molecule has 0 bridgehead atoms. The summed E-state index contributed by atoms with van der Waals surface area (Å²) >= 11 is 13.4. The Kier molecular flexibility index (Phi) is 5.13. The Hall–Kier alpha value is -1.89. The molecule has 1 atom stereocenters. The quantitative estimate of drug-likeness (QED) is 0.705. The Labute approximate surface area is 158 Å². The second kappa shape index (κ2) is 7.15. The number of thiophene rings is 1. The molecular formula is C17H15Cl2N3O2S. The lowest BCUT2D eigenvalue weighted by Gasteiger charge is -2.15. The van der Waals surface area contributed by atoms with Gasteiger partial charge in [0.2, 0.25) is 5.91 Å². The summed E-state index contributed by atoms with van der Waals surface area (Å²) in [6.45, 7) is 3.67. The van der Waals surface area contributed by atoms with Crippen LogP contribution in [0, 0.1) is 0 Å². The number of hydrogen-bond acceptors (Lipinski definition) is 4. The highest BCUT2D eigenvalue weighted by molar-refractivity contribution is 7.18. The van der Waals surface area contributed by atoms with Gasteiger partial charge in [-0.2, -0.15) is 0 Å². The number of amides is 1. The van der Waals surface area contributed by atoms with Gasteiger partial charge in [-0.15, -0.1) is 11.3 Å². The van der Waals surface area contributed by atoms with Crippen molar-refractivity contribution in [3.05, 3.63) is 55.9 Å². The second-order valence-electron chi connectivity index (χ2n) is 5.57. The maximum Gasteiger partial charge on any atom is 0.262 e.